The van der Waals surface area contributed by atoms with Crippen molar-refractivity contribution in [2.24, 2.45) is 0 Å². The highest BCUT2D eigenvalue weighted by molar-refractivity contribution is 7.98. The Morgan fingerprint density at radius 2 is 1.88 bits per heavy atom. The van der Waals surface area contributed by atoms with Crippen LogP contribution in [0.5, 0.6) is 0 Å². The van der Waals surface area contributed by atoms with Crippen molar-refractivity contribution in [3.8, 4) is 0 Å². The van der Waals surface area contributed by atoms with Gasteiger partial charge in [-0.25, -0.2) is 0 Å². The molecule has 0 spiro atoms. The predicted molar refractivity (Wildman–Crippen MR) is 107 cm³/mol. The highest BCUT2D eigenvalue weighted by Gasteiger charge is 2.22. The van der Waals surface area contributed by atoms with Crippen LogP contribution in [0.15, 0.2) is 46.7 Å². The van der Waals surface area contributed by atoms with Crippen LogP contribution in [0.25, 0.3) is 0 Å². The molecule has 1 aliphatic heterocycles. The number of nitrogens with one attached hydrogen (secondary N) is 1. The molecule has 7 heteroatoms. The van der Waals surface area contributed by atoms with Crippen LogP contribution in [0.4, 0.5) is 0 Å². The molecule has 1 N–H and O–H groups in total. The molecule has 1 fully saturated rings. The van der Waals surface area contributed by atoms with E-state index in [9.17, 15) is 9.59 Å². The lowest BCUT2D eigenvalue weighted by Gasteiger charge is -2.34. The molecule has 0 atom stereocenters. The number of rotatable bonds is 6. The summed E-state index contributed by atoms with van der Waals surface area (Å²) in [6.07, 6.45) is 1.98. The quantitative estimate of drug-likeness (QED) is 0.772. The second kappa shape index (κ2) is 9.21. The first kappa shape index (κ1) is 18.9. The number of benzene rings is 1. The van der Waals surface area contributed by atoms with Crippen LogP contribution in [0.2, 0.25) is 0 Å². The van der Waals surface area contributed by atoms with E-state index >= 15 is 0 Å². The van der Waals surface area contributed by atoms with Gasteiger partial charge >= 0.3 is 0 Å². The highest BCUT2D eigenvalue weighted by atomic mass is 32.2. The maximum atomic E-state index is 12.3. The average Bonchev–Trinajstić information content (AvgIpc) is 3.22. The van der Waals surface area contributed by atoms with Gasteiger partial charge in [0, 0.05) is 44.2 Å². The molecule has 26 heavy (non-hydrogen) atoms. The Labute approximate surface area is 162 Å². The first-order valence-corrected chi connectivity index (χ1v) is 10.8. The van der Waals surface area contributed by atoms with Crippen molar-refractivity contribution in [3.05, 3.63) is 52.2 Å². The molecule has 0 bridgehead atoms. The van der Waals surface area contributed by atoms with Gasteiger partial charge in [-0.3, -0.25) is 14.5 Å². The van der Waals surface area contributed by atoms with Gasteiger partial charge in [0.2, 0.25) is 0 Å². The Balaban J connectivity index is 1.41. The summed E-state index contributed by atoms with van der Waals surface area (Å²) in [5.41, 5.74) is 0.728. The van der Waals surface area contributed by atoms with E-state index in [0.717, 1.165) is 48.1 Å². The fourth-order valence-corrected chi connectivity index (χ4v) is 4.27. The van der Waals surface area contributed by atoms with Crippen LogP contribution in [0.1, 0.15) is 20.0 Å². The van der Waals surface area contributed by atoms with Gasteiger partial charge < -0.3 is 10.2 Å². The van der Waals surface area contributed by atoms with Crippen LogP contribution in [-0.4, -0.2) is 67.1 Å². The Morgan fingerprint density at radius 1 is 1.12 bits per heavy atom. The Morgan fingerprint density at radius 3 is 2.58 bits per heavy atom. The summed E-state index contributed by atoms with van der Waals surface area (Å²) in [7, 11) is 0. The molecule has 0 aliphatic carbocycles. The molecule has 2 aromatic rings. The minimum atomic E-state index is -0.0264. The number of hydrogen-bond donors (Lipinski definition) is 1. The van der Waals surface area contributed by atoms with Crippen LogP contribution >= 0.6 is 23.1 Å². The number of carbonyl (C=O) groups excluding carboxylic acids is 2. The van der Waals surface area contributed by atoms with E-state index in [4.69, 9.17) is 0 Å². The summed E-state index contributed by atoms with van der Waals surface area (Å²) in [4.78, 5) is 30.7. The first-order chi connectivity index (χ1) is 12.7. The van der Waals surface area contributed by atoms with E-state index in [1.807, 2.05) is 52.9 Å². The van der Waals surface area contributed by atoms with Gasteiger partial charge in [-0.05, 0) is 29.8 Å². The van der Waals surface area contributed by atoms with Gasteiger partial charge in [0.15, 0.2) is 0 Å². The van der Waals surface area contributed by atoms with E-state index in [1.165, 1.54) is 11.3 Å². The smallest absolute Gasteiger partial charge is 0.264 e. The average molecular weight is 390 g/mol. The minimum Gasteiger partial charge on any atom is -0.351 e. The summed E-state index contributed by atoms with van der Waals surface area (Å²) in [6, 6.07) is 11.4. The van der Waals surface area contributed by atoms with Crippen LogP contribution < -0.4 is 5.32 Å². The Bertz CT molecular complexity index is 741. The maximum absolute atomic E-state index is 12.3. The van der Waals surface area contributed by atoms with E-state index in [1.54, 1.807) is 11.8 Å². The number of nitrogens with zero attached hydrogens (tertiary/aromatic N) is 2. The number of hydrogen-bond acceptors (Lipinski definition) is 5. The third-order valence-corrected chi connectivity index (χ3v) is 6.11. The van der Waals surface area contributed by atoms with Crippen molar-refractivity contribution in [1.82, 2.24) is 15.1 Å². The van der Waals surface area contributed by atoms with E-state index in [-0.39, 0.29) is 11.8 Å². The molecular formula is C19H23N3O2S2. The standard InChI is InChI=1S/C19H23N3O2S2/c1-25-16-6-3-2-5-15(16)18(23)20-8-9-21-10-12-22(13-11-21)19(24)17-7-4-14-26-17/h2-7,14H,8-13H2,1H3,(H,20,23). The zero-order valence-electron chi connectivity index (χ0n) is 14.8. The van der Waals surface area contributed by atoms with Gasteiger partial charge in [0.25, 0.3) is 11.8 Å². The fourth-order valence-electron chi connectivity index (χ4n) is 2.99. The van der Waals surface area contributed by atoms with Gasteiger partial charge in [-0.2, -0.15) is 0 Å². The fraction of sp³-hybridized carbons (Fsp3) is 0.368. The molecule has 1 aromatic heterocycles. The molecule has 1 aliphatic rings. The van der Waals surface area contributed by atoms with Gasteiger partial charge in [0.1, 0.15) is 0 Å². The van der Waals surface area contributed by atoms with E-state index in [0.29, 0.717) is 6.54 Å². The van der Waals surface area contributed by atoms with E-state index in [2.05, 4.69) is 10.2 Å². The monoisotopic (exact) mass is 389 g/mol. The van der Waals surface area contributed by atoms with Crippen molar-refractivity contribution in [1.29, 1.82) is 0 Å². The van der Waals surface area contributed by atoms with Crippen molar-refractivity contribution in [2.45, 2.75) is 4.90 Å². The lowest BCUT2D eigenvalue weighted by atomic mass is 10.2. The normalized spacial score (nSPS) is 15.0. The first-order valence-electron chi connectivity index (χ1n) is 8.65. The van der Waals surface area contributed by atoms with E-state index < -0.39 is 0 Å². The summed E-state index contributed by atoms with van der Waals surface area (Å²) >= 11 is 3.07. The van der Waals surface area contributed by atoms with Crippen molar-refractivity contribution in [3.63, 3.8) is 0 Å². The maximum Gasteiger partial charge on any atom is 0.264 e. The van der Waals surface area contributed by atoms with Gasteiger partial charge in [-0.1, -0.05) is 18.2 Å². The molecule has 0 unspecified atom stereocenters. The number of piperazine rings is 1. The highest BCUT2D eigenvalue weighted by Crippen LogP contribution is 2.19. The van der Waals surface area contributed by atoms with Crippen molar-refractivity contribution >= 4 is 34.9 Å². The number of carbonyl (C=O) groups is 2. The lowest BCUT2D eigenvalue weighted by molar-refractivity contribution is 0.0642. The molecule has 3 rings (SSSR count). The molecule has 2 heterocycles. The second-order valence-corrected chi connectivity index (χ2v) is 7.86. The molecule has 1 aromatic carbocycles. The molecule has 138 valence electrons. The summed E-state index contributed by atoms with van der Waals surface area (Å²) in [5.74, 6) is 0.100. The number of thiophene rings is 1. The van der Waals surface area contributed by atoms with Gasteiger partial charge in [-0.15, -0.1) is 23.1 Å². The molecule has 1 saturated heterocycles. The van der Waals surface area contributed by atoms with Crippen molar-refractivity contribution < 1.29 is 9.59 Å². The number of amides is 2. The third-order valence-electron chi connectivity index (χ3n) is 4.46. The number of thioether (sulfide) groups is 1. The van der Waals surface area contributed by atoms with Gasteiger partial charge in [0.05, 0.1) is 10.4 Å². The molecule has 5 nitrogen and oxygen atoms in total. The largest absolute Gasteiger partial charge is 0.351 e. The summed E-state index contributed by atoms with van der Waals surface area (Å²) in [5, 5.41) is 4.94. The zero-order chi connectivity index (χ0) is 18.4. The van der Waals surface area contributed by atoms with Crippen LogP contribution in [0, 0.1) is 0 Å². The molecule has 2 amide bonds. The van der Waals surface area contributed by atoms with Crippen molar-refractivity contribution in [2.75, 3.05) is 45.5 Å². The third kappa shape index (κ3) is 4.66. The van der Waals surface area contributed by atoms with Crippen LogP contribution in [-0.2, 0) is 0 Å². The lowest BCUT2D eigenvalue weighted by Crippen LogP contribution is -2.50. The molecule has 0 radical (unpaired) electrons. The predicted octanol–water partition coefficient (Wildman–Crippen LogP) is 2.66. The topological polar surface area (TPSA) is 52.7 Å². The summed E-state index contributed by atoms with van der Waals surface area (Å²) in [6.45, 7) is 4.57. The minimum absolute atomic E-state index is 0.0264. The molecular weight excluding hydrogens is 366 g/mol. The second-order valence-electron chi connectivity index (χ2n) is 6.07. The van der Waals surface area contributed by atoms with Crippen LogP contribution in [0.3, 0.4) is 0 Å². The summed E-state index contributed by atoms with van der Waals surface area (Å²) < 4.78 is 0. The Hall–Kier alpha value is -1.83. The molecule has 0 saturated carbocycles. The Kier molecular flexibility index (Phi) is 6.71. The zero-order valence-corrected chi connectivity index (χ0v) is 16.4. The SMILES string of the molecule is CSc1ccccc1C(=O)NCCN1CCN(C(=O)c2cccs2)CC1.